The topological polar surface area (TPSA) is 108 Å². The molecule has 0 aromatic heterocycles. The summed E-state index contributed by atoms with van der Waals surface area (Å²) in [5.41, 5.74) is 6.54. The van der Waals surface area contributed by atoms with Crippen LogP contribution >= 0.6 is 0 Å². The first-order chi connectivity index (χ1) is 9.43. The van der Waals surface area contributed by atoms with Crippen molar-refractivity contribution in [3.8, 4) is 6.07 Å². The fourth-order valence-corrected chi connectivity index (χ4v) is 1.71. The van der Waals surface area contributed by atoms with Crippen LogP contribution in [0.4, 0.5) is 10.5 Å². The van der Waals surface area contributed by atoms with Crippen LogP contribution in [0.1, 0.15) is 19.4 Å². The lowest BCUT2D eigenvalue weighted by molar-refractivity contribution is -0.118. The quantitative estimate of drug-likeness (QED) is 0.754. The summed E-state index contributed by atoms with van der Waals surface area (Å²) in [7, 11) is 0. The van der Waals surface area contributed by atoms with Gasteiger partial charge in [0.25, 0.3) is 0 Å². The normalized spacial score (nSPS) is 11.5. The summed E-state index contributed by atoms with van der Waals surface area (Å²) >= 11 is 0. The Hall–Kier alpha value is -2.55. The first kappa shape index (κ1) is 15.5. The molecule has 0 radical (unpaired) electrons. The second-order valence-corrected chi connectivity index (χ2v) is 4.75. The van der Waals surface area contributed by atoms with Gasteiger partial charge in [-0.25, -0.2) is 4.79 Å². The van der Waals surface area contributed by atoms with E-state index in [9.17, 15) is 9.59 Å². The molecule has 0 aliphatic carbocycles. The molecule has 1 rings (SSSR count). The van der Waals surface area contributed by atoms with Crippen molar-refractivity contribution in [2.24, 2.45) is 11.7 Å². The Morgan fingerprint density at radius 1 is 1.30 bits per heavy atom. The number of rotatable bonds is 5. The molecule has 1 aromatic rings. The second-order valence-electron chi connectivity index (χ2n) is 4.75. The molecule has 0 heterocycles. The van der Waals surface area contributed by atoms with Crippen molar-refractivity contribution in [3.05, 3.63) is 29.8 Å². The molecule has 0 aliphatic rings. The van der Waals surface area contributed by atoms with Crippen molar-refractivity contribution >= 4 is 17.6 Å². The number of urea groups is 1. The van der Waals surface area contributed by atoms with Crippen molar-refractivity contribution in [2.75, 3.05) is 5.32 Å². The zero-order chi connectivity index (χ0) is 15.1. The number of nitriles is 1. The minimum Gasteiger partial charge on any atom is -0.352 e. The van der Waals surface area contributed by atoms with E-state index >= 15 is 0 Å². The highest BCUT2D eigenvalue weighted by Gasteiger charge is 2.23. The lowest BCUT2D eigenvalue weighted by Gasteiger charge is -2.20. The lowest BCUT2D eigenvalue weighted by atomic mass is 10.0. The number of primary amides is 1. The zero-order valence-electron chi connectivity index (χ0n) is 11.5. The van der Waals surface area contributed by atoms with E-state index in [1.54, 1.807) is 24.3 Å². The van der Waals surface area contributed by atoms with Crippen LogP contribution in [0.15, 0.2) is 24.3 Å². The van der Waals surface area contributed by atoms with Crippen molar-refractivity contribution in [3.63, 3.8) is 0 Å². The molecule has 20 heavy (non-hydrogen) atoms. The minimum atomic E-state index is -0.733. The monoisotopic (exact) mass is 274 g/mol. The molecule has 3 amide bonds. The Morgan fingerprint density at radius 3 is 2.35 bits per heavy atom. The number of nitrogens with zero attached hydrogens (tertiary/aromatic N) is 1. The molecule has 0 saturated heterocycles. The van der Waals surface area contributed by atoms with Gasteiger partial charge in [-0.2, -0.15) is 5.26 Å². The van der Waals surface area contributed by atoms with E-state index in [-0.39, 0.29) is 11.8 Å². The third kappa shape index (κ3) is 4.61. The number of nitrogens with two attached hydrogens (primary N) is 1. The summed E-state index contributed by atoms with van der Waals surface area (Å²) in [6, 6.07) is 7.59. The standard InChI is InChI=1S/C14H18N4O2/c1-9(2)12(18-14(16)20)13(19)17-11-5-3-10(4-6-11)7-8-15/h3-6,9,12H,7H2,1-2H3,(H,17,19)(H3,16,18,20). The zero-order valence-corrected chi connectivity index (χ0v) is 11.5. The molecule has 0 fully saturated rings. The third-order valence-electron chi connectivity index (χ3n) is 2.75. The van der Waals surface area contributed by atoms with Crippen molar-refractivity contribution in [1.29, 1.82) is 5.26 Å². The molecule has 4 N–H and O–H groups in total. The maximum atomic E-state index is 12.1. The fourth-order valence-electron chi connectivity index (χ4n) is 1.71. The number of benzene rings is 1. The van der Waals surface area contributed by atoms with Gasteiger partial charge in [0.05, 0.1) is 12.5 Å². The molecule has 6 nitrogen and oxygen atoms in total. The Morgan fingerprint density at radius 2 is 1.90 bits per heavy atom. The highest BCUT2D eigenvalue weighted by atomic mass is 16.2. The van der Waals surface area contributed by atoms with E-state index in [0.717, 1.165) is 5.56 Å². The number of nitrogens with one attached hydrogen (secondary N) is 2. The molecule has 1 atom stereocenters. The van der Waals surface area contributed by atoms with Crippen LogP contribution in [0.3, 0.4) is 0 Å². The molecule has 0 saturated carbocycles. The summed E-state index contributed by atoms with van der Waals surface area (Å²) in [5.74, 6) is -0.410. The lowest BCUT2D eigenvalue weighted by Crippen LogP contribution is -2.49. The Balaban J connectivity index is 2.72. The number of hydrogen-bond acceptors (Lipinski definition) is 3. The van der Waals surface area contributed by atoms with E-state index < -0.39 is 12.1 Å². The molecule has 0 aliphatic heterocycles. The number of anilines is 1. The molecule has 1 unspecified atom stereocenters. The van der Waals surface area contributed by atoms with Gasteiger partial charge in [-0.05, 0) is 23.6 Å². The van der Waals surface area contributed by atoms with Gasteiger partial charge in [0, 0.05) is 5.69 Å². The van der Waals surface area contributed by atoms with Gasteiger partial charge in [0.15, 0.2) is 0 Å². The molecule has 106 valence electrons. The Bertz CT molecular complexity index is 517. The highest BCUT2D eigenvalue weighted by Crippen LogP contribution is 2.12. The number of amides is 3. The van der Waals surface area contributed by atoms with Crippen LogP contribution in [0.25, 0.3) is 0 Å². The summed E-state index contributed by atoms with van der Waals surface area (Å²) in [5, 5.41) is 13.7. The predicted molar refractivity (Wildman–Crippen MR) is 75.7 cm³/mol. The van der Waals surface area contributed by atoms with E-state index in [2.05, 4.69) is 16.7 Å². The van der Waals surface area contributed by atoms with Gasteiger partial charge in [-0.3, -0.25) is 4.79 Å². The largest absolute Gasteiger partial charge is 0.352 e. The van der Waals surface area contributed by atoms with E-state index in [1.807, 2.05) is 13.8 Å². The summed E-state index contributed by atoms with van der Waals surface area (Å²) in [6.45, 7) is 3.63. The van der Waals surface area contributed by atoms with Crippen LogP contribution < -0.4 is 16.4 Å². The van der Waals surface area contributed by atoms with Crippen LogP contribution in [0, 0.1) is 17.2 Å². The molecular weight excluding hydrogens is 256 g/mol. The Kier molecular flexibility index (Phi) is 5.54. The van der Waals surface area contributed by atoms with Gasteiger partial charge in [0.2, 0.25) is 5.91 Å². The number of carbonyl (C=O) groups is 2. The van der Waals surface area contributed by atoms with Crippen LogP contribution in [-0.4, -0.2) is 18.0 Å². The average Bonchev–Trinajstić information content (AvgIpc) is 2.38. The predicted octanol–water partition coefficient (Wildman–Crippen LogP) is 1.38. The van der Waals surface area contributed by atoms with Gasteiger partial charge >= 0.3 is 6.03 Å². The fraction of sp³-hybridized carbons (Fsp3) is 0.357. The van der Waals surface area contributed by atoms with Gasteiger partial charge in [-0.1, -0.05) is 26.0 Å². The first-order valence-corrected chi connectivity index (χ1v) is 6.26. The van der Waals surface area contributed by atoms with E-state index in [0.29, 0.717) is 12.1 Å². The molecular formula is C14H18N4O2. The van der Waals surface area contributed by atoms with Gasteiger partial charge < -0.3 is 16.4 Å². The van der Waals surface area contributed by atoms with Crippen molar-refractivity contribution < 1.29 is 9.59 Å². The molecule has 0 bridgehead atoms. The Labute approximate surface area is 118 Å². The minimum absolute atomic E-state index is 0.0830. The molecule has 0 spiro atoms. The van der Waals surface area contributed by atoms with Crippen LogP contribution in [-0.2, 0) is 11.2 Å². The van der Waals surface area contributed by atoms with Gasteiger partial charge in [0.1, 0.15) is 6.04 Å². The SMILES string of the molecule is CC(C)C(NC(N)=O)C(=O)Nc1ccc(CC#N)cc1. The summed E-state index contributed by atoms with van der Waals surface area (Å²) in [4.78, 5) is 23.0. The van der Waals surface area contributed by atoms with Crippen LogP contribution in [0.5, 0.6) is 0 Å². The number of carbonyl (C=O) groups excluding carboxylic acids is 2. The number of hydrogen-bond donors (Lipinski definition) is 3. The first-order valence-electron chi connectivity index (χ1n) is 6.26. The third-order valence-corrected chi connectivity index (χ3v) is 2.75. The summed E-state index contributed by atoms with van der Waals surface area (Å²) < 4.78 is 0. The van der Waals surface area contributed by atoms with Crippen molar-refractivity contribution in [2.45, 2.75) is 26.3 Å². The maximum Gasteiger partial charge on any atom is 0.312 e. The average molecular weight is 274 g/mol. The smallest absolute Gasteiger partial charge is 0.312 e. The molecule has 1 aromatic carbocycles. The van der Waals surface area contributed by atoms with Gasteiger partial charge in [-0.15, -0.1) is 0 Å². The summed E-state index contributed by atoms with van der Waals surface area (Å²) in [6.07, 6.45) is 0.325. The van der Waals surface area contributed by atoms with Crippen molar-refractivity contribution in [1.82, 2.24) is 5.32 Å². The van der Waals surface area contributed by atoms with E-state index in [4.69, 9.17) is 11.0 Å². The molecule has 6 heteroatoms. The highest BCUT2D eigenvalue weighted by molar-refractivity contribution is 5.97. The van der Waals surface area contributed by atoms with Crippen LogP contribution in [0.2, 0.25) is 0 Å². The second kappa shape index (κ2) is 7.14. The van der Waals surface area contributed by atoms with E-state index in [1.165, 1.54) is 0 Å². The maximum absolute atomic E-state index is 12.1.